The van der Waals surface area contributed by atoms with Crippen LogP contribution < -0.4 is 15.7 Å². The Hall–Kier alpha value is -2.71. The van der Waals surface area contributed by atoms with Gasteiger partial charge in [0.05, 0.1) is 0 Å². The summed E-state index contributed by atoms with van der Waals surface area (Å²) in [7, 11) is 6.69. The Kier molecular flexibility index (Phi) is 6.45. The minimum Gasteiger partial charge on any atom is -0.489 e. The van der Waals surface area contributed by atoms with E-state index in [-0.39, 0.29) is 24.4 Å². The van der Waals surface area contributed by atoms with Gasteiger partial charge in [-0.15, -0.1) is 21.0 Å². The summed E-state index contributed by atoms with van der Waals surface area (Å²) in [6, 6.07) is 8.08. The Morgan fingerprint density at radius 2 is 2.06 bits per heavy atom. The molecule has 1 aromatic carbocycles. The van der Waals surface area contributed by atoms with E-state index in [1.165, 1.54) is 29.8 Å². The number of thioether (sulfide) groups is 1. The van der Waals surface area contributed by atoms with Crippen LogP contribution in [0, 0.1) is 0 Å². The second kappa shape index (κ2) is 9.30. The number of nitrogens with zero attached hydrogens (tertiary/aromatic N) is 1. The van der Waals surface area contributed by atoms with Crippen LogP contribution in [0.3, 0.4) is 0 Å². The Balaban J connectivity index is 1.51. The summed E-state index contributed by atoms with van der Waals surface area (Å²) < 4.78 is 21.4. The predicted octanol–water partition coefficient (Wildman–Crippen LogP) is 1.65. The van der Waals surface area contributed by atoms with Gasteiger partial charge in [-0.2, -0.15) is 0 Å². The van der Waals surface area contributed by atoms with Gasteiger partial charge in [0, 0.05) is 41.1 Å². The van der Waals surface area contributed by atoms with Crippen molar-refractivity contribution in [3.05, 3.63) is 52.0 Å². The number of esters is 1. The molecule has 1 saturated carbocycles. The first kappa shape index (κ1) is 25.0. The number of ether oxygens (including phenoxy) is 3. The van der Waals surface area contributed by atoms with Crippen molar-refractivity contribution in [2.75, 3.05) is 19.9 Å². The minimum absolute atomic E-state index is 0.00381. The summed E-state index contributed by atoms with van der Waals surface area (Å²) in [4.78, 5) is 51.5. The highest BCUT2D eigenvalue weighted by Gasteiger charge is 2.71. The lowest BCUT2D eigenvalue weighted by Gasteiger charge is -2.57. The van der Waals surface area contributed by atoms with E-state index in [4.69, 9.17) is 18.6 Å². The van der Waals surface area contributed by atoms with Gasteiger partial charge in [0.15, 0.2) is 0 Å². The molecular formula is C23H22N2O8P2S. The van der Waals surface area contributed by atoms with Gasteiger partial charge in [0.25, 0.3) is 11.6 Å². The van der Waals surface area contributed by atoms with Gasteiger partial charge < -0.3 is 23.9 Å². The lowest BCUT2D eigenvalue weighted by atomic mass is 9.96. The van der Waals surface area contributed by atoms with E-state index < -0.39 is 33.3 Å². The maximum absolute atomic E-state index is 13.4. The van der Waals surface area contributed by atoms with Crippen molar-refractivity contribution < 1.29 is 33.0 Å². The van der Waals surface area contributed by atoms with E-state index in [1.54, 1.807) is 24.3 Å². The highest BCUT2D eigenvalue weighted by Crippen LogP contribution is 2.64. The van der Waals surface area contributed by atoms with E-state index in [2.05, 4.69) is 23.4 Å². The van der Waals surface area contributed by atoms with E-state index >= 15 is 0 Å². The molecule has 13 heteroatoms. The van der Waals surface area contributed by atoms with Gasteiger partial charge in [-0.3, -0.25) is 14.5 Å². The molecule has 1 N–H and O–H groups in total. The van der Waals surface area contributed by atoms with Crippen LogP contribution in [-0.4, -0.2) is 64.4 Å². The summed E-state index contributed by atoms with van der Waals surface area (Å²) >= 11 is 1.46. The third-order valence-corrected chi connectivity index (χ3v) is 8.77. The van der Waals surface area contributed by atoms with Crippen LogP contribution in [0.25, 0.3) is 11.0 Å². The molecule has 36 heavy (non-hydrogen) atoms. The highest BCUT2D eigenvalue weighted by molar-refractivity contribution is 8.02. The van der Waals surface area contributed by atoms with Crippen LogP contribution in [0.5, 0.6) is 5.75 Å². The quantitative estimate of drug-likeness (QED) is 0.172. The average molecular weight is 548 g/mol. The van der Waals surface area contributed by atoms with Crippen LogP contribution in [0.4, 0.5) is 0 Å². The molecule has 3 heterocycles. The lowest BCUT2D eigenvalue weighted by Crippen LogP contribution is -2.81. The highest BCUT2D eigenvalue weighted by atomic mass is 32.2. The van der Waals surface area contributed by atoms with Gasteiger partial charge in [-0.05, 0) is 31.0 Å². The molecule has 0 bridgehead atoms. The number of benzene rings is 1. The van der Waals surface area contributed by atoms with E-state index in [1.807, 2.05) is 0 Å². The standard InChI is InChI=1S/C23H22N2O8P2S/c1-30-23(24-16(26)10-34)20(29)25-18(19(28)32-11-35)14(22(6-7-22)36-21(23)25)9-31-13-4-2-12-3-5-17(27)33-15(12)8-13/h2-5,8,11,21,35H,6-7,9-10,34H2,1H3,(H,24,26)/t21-,23+/m1/s1. The zero-order valence-corrected chi connectivity index (χ0v) is 22.0. The molecule has 1 aliphatic carbocycles. The summed E-state index contributed by atoms with van der Waals surface area (Å²) in [5, 5.41) is 2.76. The van der Waals surface area contributed by atoms with Crippen LogP contribution >= 0.6 is 29.9 Å². The third kappa shape index (κ3) is 3.95. The fourth-order valence-corrected chi connectivity index (χ4v) is 6.47. The number of fused-ring (bicyclic) bond motifs is 2. The zero-order valence-electron chi connectivity index (χ0n) is 19.1. The molecule has 1 unspecified atom stereocenters. The molecule has 2 fully saturated rings. The van der Waals surface area contributed by atoms with Crippen molar-refractivity contribution in [2.24, 2.45) is 0 Å². The Labute approximate surface area is 214 Å². The van der Waals surface area contributed by atoms with Crippen molar-refractivity contribution in [2.45, 2.75) is 28.7 Å². The first-order chi connectivity index (χ1) is 17.3. The second-order valence-electron chi connectivity index (χ2n) is 8.42. The van der Waals surface area contributed by atoms with Gasteiger partial charge in [-0.25, -0.2) is 9.59 Å². The number of hydrogen-bond donors (Lipinski definition) is 1. The molecule has 1 spiro atoms. The number of β-lactam (4-membered cyclic amide) rings is 1. The molecule has 1 saturated heterocycles. The number of amides is 2. The van der Waals surface area contributed by atoms with Gasteiger partial charge >= 0.3 is 11.6 Å². The summed E-state index contributed by atoms with van der Waals surface area (Å²) in [5.41, 5.74) is -1.02. The van der Waals surface area contributed by atoms with Gasteiger partial charge in [0.1, 0.15) is 35.0 Å². The maximum Gasteiger partial charge on any atom is 0.360 e. The summed E-state index contributed by atoms with van der Waals surface area (Å²) in [6.45, 7) is -0.00381. The first-order valence-corrected chi connectivity index (χ1v) is 13.2. The molecule has 1 aromatic heterocycles. The molecule has 0 radical (unpaired) electrons. The molecule has 5 rings (SSSR count). The molecular weight excluding hydrogens is 526 g/mol. The monoisotopic (exact) mass is 548 g/mol. The predicted molar refractivity (Wildman–Crippen MR) is 138 cm³/mol. The van der Waals surface area contributed by atoms with E-state index in [9.17, 15) is 19.2 Å². The van der Waals surface area contributed by atoms with Gasteiger partial charge in [-0.1, -0.05) is 8.86 Å². The smallest absolute Gasteiger partial charge is 0.360 e. The molecule has 188 valence electrons. The largest absolute Gasteiger partial charge is 0.489 e. The number of carbonyl (C=O) groups excluding carboxylic acids is 3. The van der Waals surface area contributed by atoms with Crippen LogP contribution in [0.1, 0.15) is 12.8 Å². The zero-order chi connectivity index (χ0) is 25.7. The van der Waals surface area contributed by atoms with Gasteiger partial charge in [0.2, 0.25) is 5.91 Å². The van der Waals surface area contributed by atoms with E-state index in [0.29, 0.717) is 16.9 Å². The molecule has 2 aromatic rings. The van der Waals surface area contributed by atoms with Crippen molar-refractivity contribution in [3.63, 3.8) is 0 Å². The van der Waals surface area contributed by atoms with Crippen LogP contribution in [0.15, 0.2) is 50.8 Å². The normalized spacial score (nSPS) is 23.7. The van der Waals surface area contributed by atoms with Crippen LogP contribution in [-0.2, 0) is 23.9 Å². The molecule has 2 aliphatic heterocycles. The summed E-state index contributed by atoms with van der Waals surface area (Å²) in [6.07, 6.45) is 1.58. The Bertz CT molecular complexity index is 1390. The topological polar surface area (TPSA) is 124 Å². The molecule has 10 nitrogen and oxygen atoms in total. The number of carbonyl (C=O) groups is 3. The Morgan fingerprint density at radius 3 is 2.72 bits per heavy atom. The maximum atomic E-state index is 13.4. The lowest BCUT2D eigenvalue weighted by molar-refractivity contribution is -0.192. The number of methoxy groups -OCH3 is 1. The Morgan fingerprint density at radius 1 is 1.31 bits per heavy atom. The van der Waals surface area contributed by atoms with E-state index in [0.717, 1.165) is 24.2 Å². The minimum atomic E-state index is -1.58. The first-order valence-electron chi connectivity index (χ1n) is 11.0. The molecule has 3 aliphatic rings. The van der Waals surface area contributed by atoms with Crippen molar-refractivity contribution in [1.29, 1.82) is 0 Å². The fourth-order valence-electron chi connectivity index (χ4n) is 4.47. The van der Waals surface area contributed by atoms with Crippen LogP contribution in [0.2, 0.25) is 0 Å². The second-order valence-corrected chi connectivity index (χ2v) is 10.5. The average Bonchev–Trinajstić information content (AvgIpc) is 3.65. The summed E-state index contributed by atoms with van der Waals surface area (Å²) in [5.74, 6) is -0.199. The number of hydrogen-bond acceptors (Lipinski definition) is 9. The molecule has 2 amide bonds. The molecule has 3 atom stereocenters. The van der Waals surface area contributed by atoms with Crippen molar-refractivity contribution in [1.82, 2.24) is 10.2 Å². The fraction of sp³-hybridized carbons (Fsp3) is 0.348. The number of rotatable bonds is 8. The van der Waals surface area contributed by atoms with Crippen molar-refractivity contribution in [3.8, 4) is 5.75 Å². The number of nitrogens with one attached hydrogen (secondary N) is 1. The van der Waals surface area contributed by atoms with Crippen molar-refractivity contribution >= 4 is 64.6 Å². The SMILES string of the molecule is CO[C@@]1(NC(=O)CP)C(=O)N2C(C(=O)OC=P)=C(COc3ccc4ccc(=O)oc4c3)C3(CC3)S[C@@H]21. The third-order valence-electron chi connectivity index (χ3n) is 6.41.